The summed E-state index contributed by atoms with van der Waals surface area (Å²) in [6, 6.07) is 19.6. The first kappa shape index (κ1) is 51.5. The lowest BCUT2D eigenvalue weighted by molar-refractivity contribution is -0.108. The molecule has 4 aliphatic rings. The predicted octanol–water partition coefficient (Wildman–Crippen LogP) is 7.24. The molecule has 2 aromatic heterocycles. The van der Waals surface area contributed by atoms with Crippen LogP contribution in [0.2, 0.25) is 0 Å². The molecule has 5 aromatic rings. The van der Waals surface area contributed by atoms with Crippen LogP contribution in [0.1, 0.15) is 111 Å². The van der Waals surface area contributed by atoms with Crippen molar-refractivity contribution in [2.75, 3.05) is 47.1 Å². The number of amides is 3. The number of carbonyl (C=O) groups is 4. The second kappa shape index (κ2) is 23.1. The van der Waals surface area contributed by atoms with Crippen LogP contribution in [0.5, 0.6) is 23.0 Å². The van der Waals surface area contributed by atoms with Gasteiger partial charge in [0.25, 0.3) is 22.9 Å². The Labute approximate surface area is 419 Å². The second-order valence-corrected chi connectivity index (χ2v) is 20.1. The van der Waals surface area contributed by atoms with Crippen LogP contribution in [0.4, 0.5) is 4.79 Å². The van der Waals surface area contributed by atoms with Crippen molar-refractivity contribution >= 4 is 46.0 Å². The maximum absolute atomic E-state index is 13.5. The van der Waals surface area contributed by atoms with Crippen molar-refractivity contribution in [2.24, 2.45) is 0 Å². The summed E-state index contributed by atoms with van der Waals surface area (Å²) in [6.45, 7) is 9.66. The van der Waals surface area contributed by atoms with Crippen LogP contribution in [-0.4, -0.2) is 114 Å². The highest BCUT2D eigenvalue weighted by Crippen LogP contribution is 2.33. The van der Waals surface area contributed by atoms with Gasteiger partial charge in [0.05, 0.1) is 42.9 Å². The van der Waals surface area contributed by atoms with Gasteiger partial charge in [-0.15, -0.1) is 0 Å². The average Bonchev–Trinajstić information content (AvgIpc) is 4.10. The van der Waals surface area contributed by atoms with Crippen molar-refractivity contribution in [3.8, 4) is 23.0 Å². The molecular weight excluding hydrogens is 921 g/mol. The zero-order chi connectivity index (χ0) is 50.9. The summed E-state index contributed by atoms with van der Waals surface area (Å²) in [5, 5.41) is 7.50. The van der Waals surface area contributed by atoms with Gasteiger partial charge < -0.3 is 58.0 Å². The van der Waals surface area contributed by atoms with E-state index < -0.39 is 5.60 Å². The fourth-order valence-electron chi connectivity index (χ4n) is 10.3. The zero-order valence-corrected chi connectivity index (χ0v) is 42.2. The molecule has 1 saturated heterocycles. The van der Waals surface area contributed by atoms with Crippen LogP contribution in [0.25, 0.3) is 21.8 Å². The Kier molecular flexibility index (Phi) is 16.5. The minimum atomic E-state index is -0.617. The Balaban J connectivity index is 0.000000241. The SMILES string of the molecule is COc1ccc2c(C(=O)NC3CCCC3)cc(=O)n(CC=O)c2c1.COc1ccc2c(C(=O)NC3CCCC3)cc(=O)n(CCN3CCC(N(Cc4ccc5c(c4)OCCO5)C(=O)OC(C)(C)C)CC3)c2c1. The van der Waals surface area contributed by atoms with E-state index in [4.69, 9.17) is 23.7 Å². The van der Waals surface area contributed by atoms with Crippen LogP contribution < -0.4 is 40.7 Å². The first-order valence-corrected chi connectivity index (χ1v) is 25.3. The molecule has 3 amide bonds. The van der Waals surface area contributed by atoms with Crippen molar-refractivity contribution < 1.29 is 42.9 Å². The standard InChI is InChI=1S/C37H48N4O7.C18H20N2O4/c1-37(2,3)48-36(44)41(24-25-9-12-32-33(21-25)47-20-19-46-32)27-13-15-39(16-14-27)17-18-40-31-22-28(45-4)10-11-29(31)30(23-34(40)42)35(43)38-26-7-5-6-8-26;1-24-13-6-7-14-15(18(23)19-12-4-2-3-5-12)11-17(22)20(8-9-21)16(14)10-13/h9-12,21-23,26-27H,5-8,13-20,24H2,1-4H3,(H,38,43);6-7,9-12H,2-5,8H2,1H3,(H,19,23). The topological polar surface area (TPSA) is 189 Å². The van der Waals surface area contributed by atoms with Gasteiger partial charge in [0.1, 0.15) is 36.6 Å². The molecule has 3 aromatic carbocycles. The Morgan fingerprint density at radius 2 is 1.21 bits per heavy atom. The molecule has 0 atom stereocenters. The summed E-state index contributed by atoms with van der Waals surface area (Å²) in [6.07, 6.45) is 10.2. The molecule has 4 heterocycles. The fourth-order valence-corrected chi connectivity index (χ4v) is 10.3. The van der Waals surface area contributed by atoms with Crippen molar-refractivity contribution in [3.05, 3.63) is 104 Å². The molecule has 17 nitrogen and oxygen atoms in total. The largest absolute Gasteiger partial charge is 0.497 e. The molecule has 72 heavy (non-hydrogen) atoms. The number of nitrogens with one attached hydrogen (secondary N) is 2. The number of fused-ring (bicyclic) bond motifs is 3. The van der Waals surface area contributed by atoms with Crippen molar-refractivity contribution in [2.45, 2.75) is 128 Å². The zero-order valence-electron chi connectivity index (χ0n) is 42.2. The number of piperidine rings is 1. The lowest BCUT2D eigenvalue weighted by Crippen LogP contribution is -2.49. The number of hydrogen-bond donors (Lipinski definition) is 2. The molecule has 0 bridgehead atoms. The number of likely N-dealkylation sites (tertiary alicyclic amines) is 1. The number of hydrogen-bond acceptors (Lipinski definition) is 12. The van der Waals surface area contributed by atoms with E-state index in [0.29, 0.717) is 83.9 Å². The first-order chi connectivity index (χ1) is 34.7. The Hall–Kier alpha value is -6.88. The van der Waals surface area contributed by atoms with Crippen LogP contribution in [0.3, 0.4) is 0 Å². The lowest BCUT2D eigenvalue weighted by atomic mass is 10.0. The van der Waals surface area contributed by atoms with E-state index in [0.717, 1.165) is 94.0 Å². The summed E-state index contributed by atoms with van der Waals surface area (Å²) >= 11 is 0. The van der Waals surface area contributed by atoms with Crippen LogP contribution in [-0.2, 0) is 29.2 Å². The molecule has 2 aliphatic heterocycles. The van der Waals surface area contributed by atoms with Crippen LogP contribution in [0.15, 0.2) is 76.3 Å². The van der Waals surface area contributed by atoms with Gasteiger partial charge in [-0.25, -0.2) is 4.79 Å². The van der Waals surface area contributed by atoms with Crippen molar-refractivity contribution in [1.82, 2.24) is 29.6 Å². The molecule has 3 fully saturated rings. The third kappa shape index (κ3) is 12.4. The number of rotatable bonds is 14. The number of aromatic nitrogens is 2. The minimum Gasteiger partial charge on any atom is -0.497 e. The smallest absolute Gasteiger partial charge is 0.410 e. The van der Waals surface area contributed by atoms with E-state index in [-0.39, 0.29) is 53.7 Å². The van der Waals surface area contributed by atoms with E-state index in [1.54, 1.807) is 29.9 Å². The van der Waals surface area contributed by atoms with Gasteiger partial charge in [-0.3, -0.25) is 19.2 Å². The minimum absolute atomic E-state index is 0.00484. The Morgan fingerprint density at radius 3 is 1.74 bits per heavy atom. The monoisotopic (exact) mass is 988 g/mol. The van der Waals surface area contributed by atoms with Gasteiger partial charge in [0.2, 0.25) is 0 Å². The summed E-state index contributed by atoms with van der Waals surface area (Å²) in [7, 11) is 3.12. The van der Waals surface area contributed by atoms with Gasteiger partial charge in [0, 0.05) is 85.9 Å². The maximum atomic E-state index is 13.5. The maximum Gasteiger partial charge on any atom is 0.410 e. The molecule has 2 N–H and O–H groups in total. The van der Waals surface area contributed by atoms with Gasteiger partial charge in [0.15, 0.2) is 11.5 Å². The molecule has 17 heteroatoms. The highest BCUT2D eigenvalue weighted by Gasteiger charge is 2.32. The van der Waals surface area contributed by atoms with Crippen molar-refractivity contribution in [1.29, 1.82) is 0 Å². The Morgan fingerprint density at radius 1 is 0.681 bits per heavy atom. The quantitative estimate of drug-likeness (QED) is 0.106. The number of benzene rings is 3. The van der Waals surface area contributed by atoms with Gasteiger partial charge in [-0.05, 0) is 101 Å². The summed E-state index contributed by atoms with van der Waals surface area (Å²) in [5.74, 6) is 2.16. The van der Waals surface area contributed by atoms with Crippen LogP contribution >= 0.6 is 0 Å². The molecule has 384 valence electrons. The Bertz CT molecular complexity index is 2890. The summed E-state index contributed by atoms with van der Waals surface area (Å²) in [4.78, 5) is 80.3. The van der Waals surface area contributed by atoms with E-state index >= 15 is 0 Å². The van der Waals surface area contributed by atoms with E-state index in [1.165, 1.54) is 23.8 Å². The number of methoxy groups -OCH3 is 2. The molecule has 0 unspecified atom stereocenters. The molecule has 2 aliphatic carbocycles. The summed E-state index contributed by atoms with van der Waals surface area (Å²) < 4.78 is 31.1. The van der Waals surface area contributed by atoms with Gasteiger partial charge in [-0.2, -0.15) is 0 Å². The van der Waals surface area contributed by atoms with Gasteiger partial charge >= 0.3 is 6.09 Å². The summed E-state index contributed by atoms with van der Waals surface area (Å²) in [5.41, 5.74) is 1.70. The lowest BCUT2D eigenvalue weighted by Gasteiger charge is -2.39. The van der Waals surface area contributed by atoms with Crippen LogP contribution in [0, 0.1) is 0 Å². The highest BCUT2D eigenvalue weighted by atomic mass is 16.6. The van der Waals surface area contributed by atoms with E-state index in [1.807, 2.05) is 62.1 Å². The molecular formula is C55H68N6O11. The first-order valence-electron chi connectivity index (χ1n) is 25.3. The highest BCUT2D eigenvalue weighted by molar-refractivity contribution is 6.07. The predicted molar refractivity (Wildman–Crippen MR) is 274 cm³/mol. The normalized spacial score (nSPS) is 16.5. The fraction of sp³-hybridized carbons (Fsp3) is 0.491. The second-order valence-electron chi connectivity index (χ2n) is 20.1. The van der Waals surface area contributed by atoms with E-state index in [9.17, 15) is 28.8 Å². The van der Waals surface area contributed by atoms with Crippen molar-refractivity contribution in [3.63, 3.8) is 0 Å². The van der Waals surface area contributed by atoms with E-state index in [2.05, 4.69) is 15.5 Å². The molecule has 9 rings (SSSR count). The average molecular weight is 989 g/mol. The number of aldehydes is 1. The number of pyridine rings is 2. The third-order valence-electron chi connectivity index (χ3n) is 14.0. The third-order valence-corrected chi connectivity index (χ3v) is 14.0. The van der Waals surface area contributed by atoms with Gasteiger partial charge in [-0.1, -0.05) is 31.7 Å². The number of carbonyl (C=O) groups excluding carboxylic acids is 4. The molecule has 0 spiro atoms. The number of ether oxygens (including phenoxy) is 5. The molecule has 0 radical (unpaired) electrons. The number of nitrogens with zero attached hydrogens (tertiary/aromatic N) is 4. The molecule has 2 saturated carbocycles.